The Morgan fingerprint density at radius 2 is 1.82 bits per heavy atom. The zero-order chi connectivity index (χ0) is 12.7. The van der Waals surface area contributed by atoms with Crippen molar-refractivity contribution in [2.45, 2.75) is 12.5 Å². The van der Waals surface area contributed by atoms with E-state index in [1.54, 1.807) is 6.07 Å². The molecule has 0 saturated carbocycles. The van der Waals surface area contributed by atoms with Crippen LogP contribution in [0.15, 0.2) is 12.1 Å². The van der Waals surface area contributed by atoms with Gasteiger partial charge in [0.05, 0.1) is 23.7 Å². The molecule has 1 atom stereocenters. The number of nitrogens with zero attached hydrogens (tertiary/aromatic N) is 1. The van der Waals surface area contributed by atoms with E-state index in [0.717, 1.165) is 4.88 Å². The smallest absolute Gasteiger partial charge is 0.0932 e. The molecule has 0 amide bonds. The van der Waals surface area contributed by atoms with Crippen LogP contribution in [0, 0.1) is 0 Å². The second kappa shape index (κ2) is 8.02. The highest BCUT2D eigenvalue weighted by atomic mass is 35.5. The molecule has 0 aromatic carbocycles. The van der Waals surface area contributed by atoms with Crippen molar-refractivity contribution in [1.82, 2.24) is 4.90 Å². The molecule has 0 bridgehead atoms. The Hall–Kier alpha value is -0.170. The van der Waals surface area contributed by atoms with E-state index in [4.69, 9.17) is 21.8 Å². The lowest BCUT2D eigenvalue weighted by atomic mass is 10.2. The standard InChI is InChI=1S/C11H18ClNO3S/c12-11-2-1-10(17-11)9(16)3-4-13(5-7-14)6-8-15/h1-2,9,14-16H,3-8H2. The highest BCUT2D eigenvalue weighted by Crippen LogP contribution is 2.28. The maximum absolute atomic E-state index is 9.92. The summed E-state index contributed by atoms with van der Waals surface area (Å²) in [6.07, 6.45) is 0.0315. The summed E-state index contributed by atoms with van der Waals surface area (Å²) >= 11 is 7.17. The number of halogens is 1. The van der Waals surface area contributed by atoms with E-state index in [9.17, 15) is 5.11 Å². The van der Waals surface area contributed by atoms with Gasteiger partial charge in [0.1, 0.15) is 0 Å². The maximum Gasteiger partial charge on any atom is 0.0932 e. The van der Waals surface area contributed by atoms with Gasteiger partial charge in [-0.25, -0.2) is 0 Å². The van der Waals surface area contributed by atoms with Gasteiger partial charge in [0.25, 0.3) is 0 Å². The molecule has 98 valence electrons. The van der Waals surface area contributed by atoms with Gasteiger partial charge in [-0.2, -0.15) is 0 Å². The van der Waals surface area contributed by atoms with Crippen molar-refractivity contribution < 1.29 is 15.3 Å². The predicted molar refractivity (Wildman–Crippen MR) is 69.5 cm³/mol. The van der Waals surface area contributed by atoms with Crippen LogP contribution in [0.5, 0.6) is 0 Å². The first-order valence-corrected chi connectivity index (χ1v) is 6.74. The van der Waals surface area contributed by atoms with Gasteiger partial charge in [-0.3, -0.25) is 4.90 Å². The van der Waals surface area contributed by atoms with Crippen molar-refractivity contribution >= 4 is 22.9 Å². The molecule has 1 aromatic heterocycles. The van der Waals surface area contributed by atoms with Crippen molar-refractivity contribution in [3.05, 3.63) is 21.3 Å². The minimum atomic E-state index is -0.535. The summed E-state index contributed by atoms with van der Waals surface area (Å²) in [4.78, 5) is 2.77. The average Bonchev–Trinajstić information content (AvgIpc) is 2.73. The molecule has 0 fully saturated rings. The zero-order valence-corrected chi connectivity index (χ0v) is 11.1. The van der Waals surface area contributed by atoms with Crippen LogP contribution in [-0.4, -0.2) is 53.1 Å². The quantitative estimate of drug-likeness (QED) is 0.667. The Balaban J connectivity index is 2.37. The number of thiophene rings is 1. The third-order valence-electron chi connectivity index (χ3n) is 2.47. The van der Waals surface area contributed by atoms with E-state index in [-0.39, 0.29) is 13.2 Å². The fourth-order valence-corrected chi connectivity index (χ4v) is 2.65. The molecular weight excluding hydrogens is 262 g/mol. The van der Waals surface area contributed by atoms with Gasteiger partial charge in [0.2, 0.25) is 0 Å². The van der Waals surface area contributed by atoms with Crippen molar-refractivity contribution in [1.29, 1.82) is 0 Å². The van der Waals surface area contributed by atoms with Crippen LogP contribution in [0.4, 0.5) is 0 Å². The molecule has 0 spiro atoms. The van der Waals surface area contributed by atoms with Crippen molar-refractivity contribution in [3.8, 4) is 0 Å². The van der Waals surface area contributed by atoms with Gasteiger partial charge in [0, 0.05) is 24.5 Å². The van der Waals surface area contributed by atoms with Gasteiger partial charge < -0.3 is 15.3 Å². The lowest BCUT2D eigenvalue weighted by Crippen LogP contribution is -2.31. The Bertz CT molecular complexity index is 315. The Labute approximate surface area is 110 Å². The van der Waals surface area contributed by atoms with E-state index in [1.165, 1.54) is 11.3 Å². The molecule has 1 heterocycles. The first kappa shape index (κ1) is 14.9. The van der Waals surface area contributed by atoms with Crippen LogP contribution < -0.4 is 0 Å². The summed E-state index contributed by atoms with van der Waals surface area (Å²) in [5.74, 6) is 0. The highest BCUT2D eigenvalue weighted by Gasteiger charge is 2.12. The van der Waals surface area contributed by atoms with Crippen molar-refractivity contribution in [2.75, 3.05) is 32.8 Å². The third kappa shape index (κ3) is 5.33. The van der Waals surface area contributed by atoms with Gasteiger partial charge >= 0.3 is 0 Å². The molecule has 1 aromatic rings. The van der Waals surface area contributed by atoms with Crippen LogP contribution in [0.2, 0.25) is 4.34 Å². The number of hydrogen-bond acceptors (Lipinski definition) is 5. The highest BCUT2D eigenvalue weighted by molar-refractivity contribution is 7.16. The van der Waals surface area contributed by atoms with Crippen LogP contribution in [0.1, 0.15) is 17.4 Å². The second-order valence-electron chi connectivity index (χ2n) is 3.74. The molecule has 0 aliphatic carbocycles. The molecule has 3 N–H and O–H groups in total. The largest absolute Gasteiger partial charge is 0.395 e. The van der Waals surface area contributed by atoms with Crippen molar-refractivity contribution in [2.24, 2.45) is 0 Å². The summed E-state index contributed by atoms with van der Waals surface area (Å²) in [7, 11) is 0. The fourth-order valence-electron chi connectivity index (χ4n) is 1.57. The number of rotatable bonds is 8. The second-order valence-corrected chi connectivity index (χ2v) is 5.48. The number of hydrogen-bond donors (Lipinski definition) is 3. The fraction of sp³-hybridized carbons (Fsp3) is 0.636. The average molecular weight is 280 g/mol. The first-order valence-electron chi connectivity index (χ1n) is 5.54. The van der Waals surface area contributed by atoms with E-state index < -0.39 is 6.10 Å². The number of aliphatic hydroxyl groups is 3. The van der Waals surface area contributed by atoms with E-state index in [1.807, 2.05) is 11.0 Å². The van der Waals surface area contributed by atoms with Gasteiger partial charge in [0.15, 0.2) is 0 Å². The van der Waals surface area contributed by atoms with E-state index in [0.29, 0.717) is 30.4 Å². The monoisotopic (exact) mass is 279 g/mol. The Kier molecular flexibility index (Phi) is 7.03. The Morgan fingerprint density at radius 1 is 1.18 bits per heavy atom. The van der Waals surface area contributed by atoms with Crippen LogP contribution in [0.3, 0.4) is 0 Å². The molecule has 0 aliphatic heterocycles. The normalized spacial score (nSPS) is 13.2. The number of aliphatic hydroxyl groups excluding tert-OH is 3. The third-order valence-corrected chi connectivity index (χ3v) is 3.81. The van der Waals surface area contributed by atoms with E-state index >= 15 is 0 Å². The summed E-state index contributed by atoms with van der Waals surface area (Å²) in [5, 5.41) is 27.6. The topological polar surface area (TPSA) is 63.9 Å². The molecule has 0 aliphatic rings. The molecule has 0 saturated heterocycles. The zero-order valence-electron chi connectivity index (χ0n) is 9.55. The van der Waals surface area contributed by atoms with Crippen molar-refractivity contribution in [3.63, 3.8) is 0 Å². The van der Waals surface area contributed by atoms with E-state index in [2.05, 4.69) is 0 Å². The van der Waals surface area contributed by atoms with Crippen LogP contribution >= 0.6 is 22.9 Å². The van der Waals surface area contributed by atoms with Gasteiger partial charge in [-0.1, -0.05) is 11.6 Å². The SMILES string of the molecule is OCCN(CCO)CCC(O)c1ccc(Cl)s1. The molecule has 1 unspecified atom stereocenters. The minimum absolute atomic E-state index is 0.0565. The lowest BCUT2D eigenvalue weighted by molar-refractivity contribution is 0.120. The summed E-state index contributed by atoms with van der Waals surface area (Å²) < 4.78 is 0.668. The summed E-state index contributed by atoms with van der Waals surface area (Å²) in [6, 6.07) is 3.59. The maximum atomic E-state index is 9.92. The molecule has 17 heavy (non-hydrogen) atoms. The molecule has 6 heteroatoms. The first-order chi connectivity index (χ1) is 8.17. The summed E-state index contributed by atoms with van der Waals surface area (Å²) in [6.45, 7) is 1.77. The molecule has 4 nitrogen and oxygen atoms in total. The molecular formula is C11H18ClNO3S. The summed E-state index contributed by atoms with van der Waals surface area (Å²) in [5.41, 5.74) is 0. The van der Waals surface area contributed by atoms with Crippen LogP contribution in [-0.2, 0) is 0 Å². The van der Waals surface area contributed by atoms with Gasteiger partial charge in [-0.15, -0.1) is 11.3 Å². The van der Waals surface area contributed by atoms with Crippen LogP contribution in [0.25, 0.3) is 0 Å². The molecule has 1 rings (SSSR count). The predicted octanol–water partition coefficient (Wildman–Crippen LogP) is 1.11. The minimum Gasteiger partial charge on any atom is -0.395 e. The Morgan fingerprint density at radius 3 is 2.29 bits per heavy atom. The van der Waals surface area contributed by atoms with Gasteiger partial charge in [-0.05, 0) is 18.6 Å². The molecule has 0 radical (unpaired) electrons. The lowest BCUT2D eigenvalue weighted by Gasteiger charge is -2.21.